The van der Waals surface area contributed by atoms with Gasteiger partial charge in [-0.25, -0.2) is 0 Å². The molecule has 0 bridgehead atoms. The number of rotatable bonds is 4. The van der Waals surface area contributed by atoms with E-state index in [1.165, 1.54) is 0 Å². The van der Waals surface area contributed by atoms with Crippen LogP contribution in [0.4, 0.5) is 0 Å². The summed E-state index contributed by atoms with van der Waals surface area (Å²) in [5, 5.41) is 14.1. The molecule has 2 nitrogen and oxygen atoms in total. The molecule has 0 saturated heterocycles. The summed E-state index contributed by atoms with van der Waals surface area (Å²) in [5.74, 6) is 0.273. The van der Waals surface area contributed by atoms with E-state index in [2.05, 4.69) is 19.2 Å². The summed E-state index contributed by atoms with van der Waals surface area (Å²) in [4.78, 5) is 0. The molecule has 0 radical (unpaired) electrons. The highest BCUT2D eigenvalue weighted by molar-refractivity contribution is 6.35. The van der Waals surface area contributed by atoms with Gasteiger partial charge in [0.15, 0.2) is 0 Å². The topological polar surface area (TPSA) is 32.3 Å². The van der Waals surface area contributed by atoms with Crippen molar-refractivity contribution in [2.45, 2.75) is 25.9 Å². The highest BCUT2D eigenvalue weighted by Crippen LogP contribution is 2.28. The van der Waals surface area contributed by atoms with E-state index in [0.717, 1.165) is 11.1 Å². The van der Waals surface area contributed by atoms with Gasteiger partial charge in [-0.2, -0.15) is 0 Å². The van der Waals surface area contributed by atoms with Crippen molar-refractivity contribution in [2.24, 2.45) is 0 Å². The van der Waals surface area contributed by atoms with E-state index in [4.69, 9.17) is 23.2 Å². The molecule has 106 valence electrons. The van der Waals surface area contributed by atoms with E-state index in [0.29, 0.717) is 10.0 Å². The SMILES string of the molecule is CC(NC(C)c1ccc(Cl)cc1Cl)c1ccc(O)cc1. The molecular formula is C16H17Cl2NO. The first-order valence-electron chi connectivity index (χ1n) is 6.47. The largest absolute Gasteiger partial charge is 0.508 e. The van der Waals surface area contributed by atoms with Gasteiger partial charge in [0.05, 0.1) is 0 Å². The third-order valence-electron chi connectivity index (χ3n) is 3.32. The van der Waals surface area contributed by atoms with Gasteiger partial charge in [-0.05, 0) is 49.2 Å². The molecule has 2 rings (SSSR count). The molecule has 0 heterocycles. The van der Waals surface area contributed by atoms with Crippen LogP contribution in [0.3, 0.4) is 0 Å². The fraction of sp³-hybridized carbons (Fsp3) is 0.250. The van der Waals surface area contributed by atoms with Gasteiger partial charge in [0.1, 0.15) is 5.75 Å². The summed E-state index contributed by atoms with van der Waals surface area (Å²) in [6.07, 6.45) is 0. The second kappa shape index (κ2) is 6.49. The second-order valence-electron chi connectivity index (χ2n) is 4.87. The van der Waals surface area contributed by atoms with Gasteiger partial charge < -0.3 is 10.4 Å². The van der Waals surface area contributed by atoms with Crippen molar-refractivity contribution in [2.75, 3.05) is 0 Å². The van der Waals surface area contributed by atoms with Gasteiger partial charge in [0.2, 0.25) is 0 Å². The van der Waals surface area contributed by atoms with E-state index in [9.17, 15) is 5.11 Å². The van der Waals surface area contributed by atoms with Gasteiger partial charge in [-0.1, -0.05) is 41.4 Å². The molecule has 0 amide bonds. The van der Waals surface area contributed by atoms with Crippen molar-refractivity contribution in [1.29, 1.82) is 0 Å². The van der Waals surface area contributed by atoms with Crippen LogP contribution in [-0.4, -0.2) is 5.11 Å². The molecule has 4 heteroatoms. The van der Waals surface area contributed by atoms with Crippen molar-refractivity contribution < 1.29 is 5.11 Å². The fourth-order valence-electron chi connectivity index (χ4n) is 2.18. The molecule has 2 N–H and O–H groups in total. The van der Waals surface area contributed by atoms with Crippen LogP contribution in [0, 0.1) is 0 Å². The van der Waals surface area contributed by atoms with Crippen LogP contribution in [0.2, 0.25) is 10.0 Å². The first-order chi connectivity index (χ1) is 9.47. The number of benzene rings is 2. The average molecular weight is 310 g/mol. The number of phenolic OH excluding ortho intramolecular Hbond substituents is 1. The van der Waals surface area contributed by atoms with Crippen molar-refractivity contribution >= 4 is 23.2 Å². The lowest BCUT2D eigenvalue weighted by molar-refractivity contribution is 0.472. The minimum atomic E-state index is 0.101. The van der Waals surface area contributed by atoms with Gasteiger partial charge in [0.25, 0.3) is 0 Å². The Balaban J connectivity index is 2.10. The highest BCUT2D eigenvalue weighted by Gasteiger charge is 2.13. The second-order valence-corrected chi connectivity index (χ2v) is 5.71. The van der Waals surface area contributed by atoms with Crippen LogP contribution < -0.4 is 5.32 Å². The summed E-state index contributed by atoms with van der Waals surface area (Å²) >= 11 is 12.1. The zero-order chi connectivity index (χ0) is 14.7. The summed E-state index contributed by atoms with van der Waals surface area (Å²) in [7, 11) is 0. The highest BCUT2D eigenvalue weighted by atomic mass is 35.5. The number of nitrogens with one attached hydrogen (secondary N) is 1. The molecule has 20 heavy (non-hydrogen) atoms. The molecule has 2 aromatic rings. The third kappa shape index (κ3) is 3.66. The Labute approximate surface area is 129 Å². The lowest BCUT2D eigenvalue weighted by Crippen LogP contribution is -2.22. The van der Waals surface area contributed by atoms with Crippen molar-refractivity contribution in [3.8, 4) is 5.75 Å². The van der Waals surface area contributed by atoms with Crippen LogP contribution in [0.1, 0.15) is 37.1 Å². The first kappa shape index (κ1) is 15.2. The predicted octanol–water partition coefficient (Wildman–Crippen LogP) is 5.11. The number of hydrogen-bond donors (Lipinski definition) is 2. The van der Waals surface area contributed by atoms with E-state index >= 15 is 0 Å². The lowest BCUT2D eigenvalue weighted by Gasteiger charge is -2.21. The van der Waals surface area contributed by atoms with Gasteiger partial charge in [-0.15, -0.1) is 0 Å². The molecule has 0 fully saturated rings. The molecule has 2 unspecified atom stereocenters. The molecule has 0 aliphatic carbocycles. The number of halogens is 2. The molecule has 0 saturated carbocycles. The van der Waals surface area contributed by atoms with Gasteiger partial charge >= 0.3 is 0 Å². The number of phenols is 1. The fourth-order valence-corrected chi connectivity index (χ4v) is 2.75. The van der Waals surface area contributed by atoms with E-state index in [1.807, 2.05) is 24.3 Å². The lowest BCUT2D eigenvalue weighted by atomic mass is 10.0. The Hall–Kier alpha value is -1.22. The summed E-state index contributed by atoms with van der Waals surface area (Å²) in [6, 6.07) is 13.0. The Bertz CT molecular complexity index is 584. The van der Waals surface area contributed by atoms with Gasteiger partial charge in [-0.3, -0.25) is 0 Å². The van der Waals surface area contributed by atoms with Gasteiger partial charge in [0, 0.05) is 22.1 Å². The molecule has 0 aliphatic rings. The van der Waals surface area contributed by atoms with E-state index < -0.39 is 0 Å². The maximum atomic E-state index is 9.31. The smallest absolute Gasteiger partial charge is 0.115 e. The number of hydrogen-bond acceptors (Lipinski definition) is 2. The zero-order valence-electron chi connectivity index (χ0n) is 11.4. The Morgan fingerprint density at radius 3 is 2.20 bits per heavy atom. The predicted molar refractivity (Wildman–Crippen MR) is 84.5 cm³/mol. The van der Waals surface area contributed by atoms with Crippen molar-refractivity contribution in [1.82, 2.24) is 5.32 Å². The standard InChI is InChI=1S/C16H17Cl2NO/c1-10(12-3-6-14(20)7-4-12)19-11(2)15-8-5-13(17)9-16(15)18/h3-11,19-20H,1-2H3. The summed E-state index contributed by atoms with van der Waals surface area (Å²) in [5.41, 5.74) is 2.13. The summed E-state index contributed by atoms with van der Waals surface area (Å²) in [6.45, 7) is 4.14. The van der Waals surface area contributed by atoms with Crippen LogP contribution in [0.25, 0.3) is 0 Å². The summed E-state index contributed by atoms with van der Waals surface area (Å²) < 4.78 is 0. The first-order valence-corrected chi connectivity index (χ1v) is 7.23. The maximum Gasteiger partial charge on any atom is 0.115 e. The quantitative estimate of drug-likeness (QED) is 0.822. The molecule has 0 aromatic heterocycles. The van der Waals surface area contributed by atoms with Crippen molar-refractivity contribution in [3.05, 3.63) is 63.6 Å². The van der Waals surface area contributed by atoms with Crippen LogP contribution in [-0.2, 0) is 0 Å². The van der Waals surface area contributed by atoms with Crippen molar-refractivity contribution in [3.63, 3.8) is 0 Å². The monoisotopic (exact) mass is 309 g/mol. The minimum Gasteiger partial charge on any atom is -0.508 e. The third-order valence-corrected chi connectivity index (χ3v) is 3.88. The van der Waals surface area contributed by atoms with E-state index in [-0.39, 0.29) is 17.8 Å². The van der Waals surface area contributed by atoms with Crippen LogP contribution in [0.5, 0.6) is 5.75 Å². The Morgan fingerprint density at radius 1 is 0.950 bits per heavy atom. The molecule has 0 spiro atoms. The molecular weight excluding hydrogens is 293 g/mol. The maximum absolute atomic E-state index is 9.31. The number of aromatic hydroxyl groups is 1. The zero-order valence-corrected chi connectivity index (χ0v) is 12.9. The van der Waals surface area contributed by atoms with E-state index in [1.54, 1.807) is 18.2 Å². The Morgan fingerprint density at radius 2 is 1.60 bits per heavy atom. The minimum absolute atomic E-state index is 0.101. The average Bonchev–Trinajstić information content (AvgIpc) is 2.39. The van der Waals surface area contributed by atoms with Crippen LogP contribution >= 0.6 is 23.2 Å². The molecule has 2 atom stereocenters. The van der Waals surface area contributed by atoms with Crippen LogP contribution in [0.15, 0.2) is 42.5 Å². The molecule has 0 aliphatic heterocycles. The Kier molecular flexibility index (Phi) is 4.92. The normalized spacial score (nSPS) is 14.0. The molecule has 2 aromatic carbocycles.